The smallest absolute Gasteiger partial charge is 0.271 e. The fraction of sp³-hybridized carbons (Fsp3) is 0.385. The Morgan fingerprint density at radius 1 is 1.45 bits per heavy atom. The predicted molar refractivity (Wildman–Crippen MR) is 77.9 cm³/mol. The second kappa shape index (κ2) is 5.72. The van der Waals surface area contributed by atoms with Crippen LogP contribution in [0.25, 0.3) is 11.0 Å². The van der Waals surface area contributed by atoms with Crippen molar-refractivity contribution in [3.05, 3.63) is 34.5 Å². The molecule has 2 heterocycles. The molecule has 7 heteroatoms. The van der Waals surface area contributed by atoms with E-state index in [-0.39, 0.29) is 5.69 Å². The second-order valence-corrected chi connectivity index (χ2v) is 5.78. The van der Waals surface area contributed by atoms with Gasteiger partial charge < -0.3 is 5.32 Å². The third kappa shape index (κ3) is 2.88. The van der Waals surface area contributed by atoms with Crippen LogP contribution in [0.4, 0.5) is 5.69 Å². The maximum atomic E-state index is 10.7. The maximum absolute atomic E-state index is 10.7. The number of hydrogen-bond donors (Lipinski definition) is 1. The van der Waals surface area contributed by atoms with Gasteiger partial charge in [-0.05, 0) is 25.5 Å². The van der Waals surface area contributed by atoms with E-state index in [1.54, 1.807) is 24.0 Å². The first kappa shape index (κ1) is 13.3. The summed E-state index contributed by atoms with van der Waals surface area (Å²) in [4.78, 5) is 19.0. The van der Waals surface area contributed by atoms with Crippen LogP contribution in [-0.2, 0) is 0 Å². The number of non-ortho nitro benzene ring substituents is 1. The normalized spacial score (nSPS) is 18.5. The molecule has 1 atom stereocenters. The molecule has 20 heavy (non-hydrogen) atoms. The number of benzene rings is 1. The van der Waals surface area contributed by atoms with Gasteiger partial charge in [0.05, 0.1) is 22.2 Å². The molecule has 0 radical (unpaired) electrons. The van der Waals surface area contributed by atoms with Crippen LogP contribution >= 0.6 is 11.8 Å². The summed E-state index contributed by atoms with van der Waals surface area (Å²) in [6.45, 7) is 1.10. The largest absolute Gasteiger partial charge is 0.313 e. The van der Waals surface area contributed by atoms with Crippen LogP contribution in [0.3, 0.4) is 0 Å². The lowest BCUT2D eigenvalue weighted by atomic mass is 10.2. The van der Waals surface area contributed by atoms with Gasteiger partial charge in [-0.1, -0.05) is 0 Å². The molecule has 3 rings (SSSR count). The fourth-order valence-electron chi connectivity index (χ4n) is 2.25. The number of nitro groups is 1. The summed E-state index contributed by atoms with van der Waals surface area (Å²) in [6.07, 6.45) is 4.13. The van der Waals surface area contributed by atoms with Crippen molar-refractivity contribution in [3.63, 3.8) is 0 Å². The van der Waals surface area contributed by atoms with Gasteiger partial charge in [-0.15, -0.1) is 11.8 Å². The topological polar surface area (TPSA) is 81.0 Å². The van der Waals surface area contributed by atoms with Gasteiger partial charge in [0.15, 0.2) is 0 Å². The minimum atomic E-state index is -0.421. The highest BCUT2D eigenvalue weighted by Gasteiger charge is 2.15. The van der Waals surface area contributed by atoms with Crippen LogP contribution < -0.4 is 5.32 Å². The Bertz CT molecular complexity index is 643. The Balaban J connectivity index is 1.76. The Morgan fingerprint density at radius 3 is 3.10 bits per heavy atom. The van der Waals surface area contributed by atoms with Crippen LogP contribution in [0.2, 0.25) is 0 Å². The summed E-state index contributed by atoms with van der Waals surface area (Å²) < 4.78 is 0. The summed E-state index contributed by atoms with van der Waals surface area (Å²) in [5.41, 5.74) is 1.30. The van der Waals surface area contributed by atoms with E-state index < -0.39 is 4.92 Å². The van der Waals surface area contributed by atoms with Crippen molar-refractivity contribution in [2.45, 2.75) is 23.9 Å². The molecule has 6 nitrogen and oxygen atoms in total. The molecule has 0 amide bonds. The molecule has 0 spiro atoms. The van der Waals surface area contributed by atoms with E-state index in [4.69, 9.17) is 0 Å². The molecule has 0 bridgehead atoms. The van der Waals surface area contributed by atoms with Crippen molar-refractivity contribution in [1.29, 1.82) is 0 Å². The first-order valence-corrected chi connectivity index (χ1v) is 7.48. The lowest BCUT2D eigenvalue weighted by molar-refractivity contribution is -0.384. The minimum absolute atomic E-state index is 0.0439. The van der Waals surface area contributed by atoms with Gasteiger partial charge in [0, 0.05) is 23.9 Å². The number of thioether (sulfide) groups is 1. The second-order valence-electron chi connectivity index (χ2n) is 4.74. The minimum Gasteiger partial charge on any atom is -0.313 e. The number of rotatable bonds is 4. The van der Waals surface area contributed by atoms with Crippen LogP contribution in [0.5, 0.6) is 0 Å². The Morgan fingerprint density at radius 2 is 2.35 bits per heavy atom. The van der Waals surface area contributed by atoms with Crippen molar-refractivity contribution in [2.75, 3.05) is 12.3 Å². The van der Waals surface area contributed by atoms with E-state index in [9.17, 15) is 10.1 Å². The summed E-state index contributed by atoms with van der Waals surface area (Å²) >= 11 is 1.67. The van der Waals surface area contributed by atoms with Gasteiger partial charge in [-0.25, -0.2) is 4.98 Å². The molecule has 1 aliphatic heterocycles. The Labute approximate surface area is 120 Å². The zero-order valence-corrected chi connectivity index (χ0v) is 11.6. The van der Waals surface area contributed by atoms with E-state index in [2.05, 4.69) is 15.3 Å². The van der Waals surface area contributed by atoms with Gasteiger partial charge in [-0.2, -0.15) is 0 Å². The molecule has 1 N–H and O–H groups in total. The fourth-order valence-corrected chi connectivity index (χ4v) is 3.20. The standard InChI is InChI=1S/C13H14N4O2S/c18-17(19)10-3-4-11-12(6-10)15-7-13(16-11)20-8-9-2-1-5-14-9/h3-4,6-7,9,14H,1-2,5,8H2/t9-/m1/s1. The Kier molecular flexibility index (Phi) is 3.79. The van der Waals surface area contributed by atoms with Crippen molar-refractivity contribution >= 4 is 28.5 Å². The molecule has 104 valence electrons. The molecular formula is C13H14N4O2S. The van der Waals surface area contributed by atoms with E-state index in [0.29, 0.717) is 17.1 Å². The quantitative estimate of drug-likeness (QED) is 0.529. The summed E-state index contributed by atoms with van der Waals surface area (Å²) in [6, 6.07) is 5.12. The van der Waals surface area contributed by atoms with Gasteiger partial charge >= 0.3 is 0 Å². The molecule has 1 fully saturated rings. The lowest BCUT2D eigenvalue weighted by Gasteiger charge is -2.08. The van der Waals surface area contributed by atoms with E-state index in [1.165, 1.54) is 25.0 Å². The van der Waals surface area contributed by atoms with Gasteiger partial charge in [0.25, 0.3) is 5.69 Å². The van der Waals surface area contributed by atoms with Crippen molar-refractivity contribution in [3.8, 4) is 0 Å². The number of hydrogen-bond acceptors (Lipinski definition) is 6. The molecule has 2 aromatic rings. The van der Waals surface area contributed by atoms with Gasteiger partial charge in [-0.3, -0.25) is 15.1 Å². The maximum Gasteiger partial charge on any atom is 0.271 e. The molecule has 0 unspecified atom stereocenters. The van der Waals surface area contributed by atoms with E-state index >= 15 is 0 Å². The molecule has 1 saturated heterocycles. The highest BCUT2D eigenvalue weighted by atomic mass is 32.2. The predicted octanol–water partition coefficient (Wildman–Crippen LogP) is 2.38. The lowest BCUT2D eigenvalue weighted by Crippen LogP contribution is -2.23. The summed E-state index contributed by atoms with van der Waals surface area (Å²) in [5, 5.41) is 15.0. The Hall–Kier alpha value is -1.73. The van der Waals surface area contributed by atoms with Crippen molar-refractivity contribution in [2.24, 2.45) is 0 Å². The number of nitrogens with one attached hydrogen (secondary N) is 1. The van der Waals surface area contributed by atoms with Crippen LogP contribution in [-0.4, -0.2) is 33.2 Å². The average molecular weight is 290 g/mol. The monoisotopic (exact) mass is 290 g/mol. The third-order valence-corrected chi connectivity index (χ3v) is 4.37. The van der Waals surface area contributed by atoms with Crippen molar-refractivity contribution < 1.29 is 4.92 Å². The number of fused-ring (bicyclic) bond motifs is 1. The summed E-state index contributed by atoms with van der Waals surface area (Å²) in [5.74, 6) is 0.979. The molecular weight excluding hydrogens is 276 g/mol. The zero-order chi connectivity index (χ0) is 13.9. The molecule has 1 aliphatic rings. The first-order valence-electron chi connectivity index (χ1n) is 6.50. The zero-order valence-electron chi connectivity index (χ0n) is 10.8. The highest BCUT2D eigenvalue weighted by Crippen LogP contribution is 2.23. The molecule has 1 aromatic carbocycles. The summed E-state index contributed by atoms with van der Waals surface area (Å²) in [7, 11) is 0. The van der Waals surface area contributed by atoms with Gasteiger partial charge in [0.2, 0.25) is 0 Å². The van der Waals surface area contributed by atoms with E-state index in [1.807, 2.05) is 0 Å². The third-order valence-electron chi connectivity index (χ3n) is 3.31. The van der Waals surface area contributed by atoms with Crippen LogP contribution in [0.15, 0.2) is 29.4 Å². The number of nitro benzene ring substituents is 1. The molecule has 1 aromatic heterocycles. The van der Waals surface area contributed by atoms with Crippen LogP contribution in [0, 0.1) is 10.1 Å². The first-order chi connectivity index (χ1) is 9.72. The average Bonchev–Trinajstić information content (AvgIpc) is 2.97. The molecule has 0 aliphatic carbocycles. The SMILES string of the molecule is O=[N+]([O-])c1ccc2nc(SC[C@H]3CCCN3)cnc2c1. The van der Waals surface area contributed by atoms with Gasteiger partial charge in [0.1, 0.15) is 5.03 Å². The van der Waals surface area contributed by atoms with Crippen LogP contribution in [0.1, 0.15) is 12.8 Å². The van der Waals surface area contributed by atoms with E-state index in [0.717, 1.165) is 17.3 Å². The number of nitrogens with zero attached hydrogens (tertiary/aromatic N) is 3. The number of aromatic nitrogens is 2. The highest BCUT2D eigenvalue weighted by molar-refractivity contribution is 7.99. The molecule has 0 saturated carbocycles. The van der Waals surface area contributed by atoms with Crippen molar-refractivity contribution in [1.82, 2.24) is 15.3 Å².